The Labute approximate surface area is 187 Å². The van der Waals surface area contributed by atoms with Crippen molar-refractivity contribution in [2.45, 2.75) is 30.8 Å². The summed E-state index contributed by atoms with van der Waals surface area (Å²) in [5.74, 6) is -2.94. The van der Waals surface area contributed by atoms with Crippen molar-refractivity contribution in [2.24, 2.45) is 0 Å². The van der Waals surface area contributed by atoms with E-state index in [4.69, 9.17) is 4.74 Å². The molecule has 1 aliphatic rings. The van der Waals surface area contributed by atoms with Gasteiger partial charge in [-0.15, -0.1) is 0 Å². The number of hydrogen-bond donors (Lipinski definition) is 1. The summed E-state index contributed by atoms with van der Waals surface area (Å²) in [7, 11) is -3.46. The molecule has 6 nitrogen and oxygen atoms in total. The van der Waals surface area contributed by atoms with E-state index >= 15 is 4.39 Å². The molecule has 3 rings (SSSR count). The number of nitrogens with zero attached hydrogens (tertiary/aromatic N) is 2. The fourth-order valence-electron chi connectivity index (χ4n) is 3.10. The minimum absolute atomic E-state index is 0.0881. The minimum Gasteiger partial charge on any atom is -0.363 e. The zero-order valence-corrected chi connectivity index (χ0v) is 19.3. The highest BCUT2D eigenvalue weighted by molar-refractivity contribution is 9.11. The molecule has 0 aromatic heterocycles. The predicted molar refractivity (Wildman–Crippen MR) is 114 cm³/mol. The fourth-order valence-corrected chi connectivity index (χ4v) is 5.13. The standard InChI is InChI=1S/C20H21BrF3N3O3S/c1-12(2)26-10-15(21)20(25-26)14-5-4-6-17(19(14)24)27(11-30-3)31(28,29)18-9-13(22)7-8-16(18)23/h4-10,12,20,25H,11H2,1-3H3. The van der Waals surface area contributed by atoms with Gasteiger partial charge in [0.05, 0.1) is 11.7 Å². The van der Waals surface area contributed by atoms with Crippen molar-refractivity contribution in [3.8, 4) is 0 Å². The molecule has 0 amide bonds. The number of hydrazine groups is 1. The molecule has 168 valence electrons. The topological polar surface area (TPSA) is 61.9 Å². The van der Waals surface area contributed by atoms with Gasteiger partial charge in [0, 0.05) is 29.4 Å². The number of anilines is 1. The van der Waals surface area contributed by atoms with Gasteiger partial charge in [0.15, 0.2) is 5.82 Å². The molecule has 0 saturated heterocycles. The number of methoxy groups -OCH3 is 1. The van der Waals surface area contributed by atoms with E-state index in [0.717, 1.165) is 6.07 Å². The van der Waals surface area contributed by atoms with Crippen molar-refractivity contribution in [3.05, 3.63) is 70.1 Å². The number of hydrogen-bond acceptors (Lipinski definition) is 5. The van der Waals surface area contributed by atoms with E-state index in [1.807, 2.05) is 13.8 Å². The van der Waals surface area contributed by atoms with E-state index in [2.05, 4.69) is 21.4 Å². The van der Waals surface area contributed by atoms with Crippen molar-refractivity contribution in [2.75, 3.05) is 18.1 Å². The van der Waals surface area contributed by atoms with Gasteiger partial charge in [-0.25, -0.2) is 31.3 Å². The van der Waals surface area contributed by atoms with E-state index in [-0.39, 0.29) is 17.3 Å². The molecular formula is C20H21BrF3N3O3S. The van der Waals surface area contributed by atoms with Crippen molar-refractivity contribution >= 4 is 31.6 Å². The van der Waals surface area contributed by atoms with Crippen LogP contribution in [0.4, 0.5) is 18.9 Å². The van der Waals surface area contributed by atoms with Crippen molar-refractivity contribution in [1.82, 2.24) is 10.4 Å². The molecule has 2 aromatic rings. The summed E-state index contributed by atoms with van der Waals surface area (Å²) in [5.41, 5.74) is 2.94. The Morgan fingerprint density at radius 2 is 1.94 bits per heavy atom. The van der Waals surface area contributed by atoms with Gasteiger partial charge in [-0.3, -0.25) is 0 Å². The predicted octanol–water partition coefficient (Wildman–Crippen LogP) is 4.41. The van der Waals surface area contributed by atoms with Crippen LogP contribution in [0.3, 0.4) is 0 Å². The lowest BCUT2D eigenvalue weighted by atomic mass is 10.1. The summed E-state index contributed by atoms with van der Waals surface area (Å²) in [6, 6.07) is 5.76. The summed E-state index contributed by atoms with van der Waals surface area (Å²) >= 11 is 3.41. The lowest BCUT2D eigenvalue weighted by molar-refractivity contribution is 0.209. The number of benzene rings is 2. The van der Waals surface area contributed by atoms with Crippen LogP contribution in [-0.2, 0) is 14.8 Å². The van der Waals surface area contributed by atoms with Crippen molar-refractivity contribution in [3.63, 3.8) is 0 Å². The van der Waals surface area contributed by atoms with Crippen LogP contribution in [0.5, 0.6) is 0 Å². The first-order valence-corrected chi connectivity index (χ1v) is 11.5. The molecule has 11 heteroatoms. The van der Waals surface area contributed by atoms with Crippen LogP contribution >= 0.6 is 15.9 Å². The number of sulfonamides is 1. The lowest BCUT2D eigenvalue weighted by Crippen LogP contribution is -2.37. The molecule has 1 N–H and O–H groups in total. The smallest absolute Gasteiger partial charge is 0.269 e. The molecule has 1 aliphatic heterocycles. The molecule has 1 atom stereocenters. The summed E-state index contributed by atoms with van der Waals surface area (Å²) < 4.78 is 75.9. The summed E-state index contributed by atoms with van der Waals surface area (Å²) in [4.78, 5) is -0.916. The number of halogens is 4. The average molecular weight is 520 g/mol. The van der Waals surface area contributed by atoms with Crippen LogP contribution < -0.4 is 9.73 Å². The fraction of sp³-hybridized carbons (Fsp3) is 0.300. The van der Waals surface area contributed by atoms with Gasteiger partial charge >= 0.3 is 0 Å². The maximum Gasteiger partial charge on any atom is 0.269 e. The second kappa shape index (κ2) is 9.19. The highest BCUT2D eigenvalue weighted by Gasteiger charge is 2.33. The van der Waals surface area contributed by atoms with Gasteiger partial charge in [-0.2, -0.15) is 0 Å². The molecule has 0 radical (unpaired) electrons. The first kappa shape index (κ1) is 23.6. The normalized spacial score (nSPS) is 16.7. The van der Waals surface area contributed by atoms with Gasteiger partial charge in [-0.1, -0.05) is 28.1 Å². The number of rotatable bonds is 7. The summed E-state index contributed by atoms with van der Waals surface area (Å²) in [6.07, 6.45) is 1.77. The molecule has 0 fully saturated rings. The summed E-state index contributed by atoms with van der Waals surface area (Å²) in [5, 5.41) is 1.78. The van der Waals surface area contributed by atoms with Gasteiger partial charge in [0.1, 0.15) is 23.3 Å². The maximum atomic E-state index is 15.6. The third kappa shape index (κ3) is 4.59. The maximum absolute atomic E-state index is 15.6. The van der Waals surface area contributed by atoms with Crippen LogP contribution in [0.25, 0.3) is 0 Å². The highest BCUT2D eigenvalue weighted by atomic mass is 79.9. The van der Waals surface area contributed by atoms with Gasteiger partial charge in [-0.05, 0) is 38.1 Å². The van der Waals surface area contributed by atoms with Gasteiger partial charge in [0.25, 0.3) is 10.0 Å². The van der Waals surface area contributed by atoms with E-state index in [0.29, 0.717) is 20.9 Å². The monoisotopic (exact) mass is 519 g/mol. The van der Waals surface area contributed by atoms with Crippen LogP contribution in [0.1, 0.15) is 25.5 Å². The Balaban J connectivity index is 2.09. The van der Waals surface area contributed by atoms with Crippen molar-refractivity contribution < 1.29 is 26.3 Å². The molecule has 0 spiro atoms. The molecule has 0 saturated carbocycles. The zero-order chi connectivity index (χ0) is 22.9. The molecule has 0 bridgehead atoms. The zero-order valence-electron chi connectivity index (χ0n) is 16.9. The SMILES string of the molecule is COCN(c1cccc(C2NN(C(C)C)C=C2Br)c1F)S(=O)(=O)c1cc(F)ccc1F. The lowest BCUT2D eigenvalue weighted by Gasteiger charge is -2.27. The van der Waals surface area contributed by atoms with E-state index < -0.39 is 45.1 Å². The van der Waals surface area contributed by atoms with Crippen molar-refractivity contribution in [1.29, 1.82) is 0 Å². The van der Waals surface area contributed by atoms with Crippen LogP contribution in [0, 0.1) is 17.5 Å². The van der Waals surface area contributed by atoms with Crippen LogP contribution in [-0.4, -0.2) is 33.3 Å². The van der Waals surface area contributed by atoms with E-state index in [9.17, 15) is 17.2 Å². The largest absolute Gasteiger partial charge is 0.363 e. The third-order valence-electron chi connectivity index (χ3n) is 4.67. The third-order valence-corrected chi connectivity index (χ3v) is 7.08. The number of nitrogens with one attached hydrogen (secondary N) is 1. The Bertz CT molecular complexity index is 1110. The second-order valence-electron chi connectivity index (χ2n) is 7.10. The molecule has 0 aliphatic carbocycles. The average Bonchev–Trinajstić information content (AvgIpc) is 3.10. The Morgan fingerprint density at radius 3 is 2.55 bits per heavy atom. The molecular weight excluding hydrogens is 499 g/mol. The first-order valence-electron chi connectivity index (χ1n) is 9.24. The van der Waals surface area contributed by atoms with Gasteiger partial charge in [0.2, 0.25) is 0 Å². The Morgan fingerprint density at radius 1 is 1.23 bits per heavy atom. The Kier molecular flexibility index (Phi) is 6.99. The van der Waals surface area contributed by atoms with Gasteiger partial charge < -0.3 is 9.75 Å². The quantitative estimate of drug-likeness (QED) is 0.549. The van der Waals surface area contributed by atoms with E-state index in [1.165, 1.54) is 25.3 Å². The minimum atomic E-state index is -4.67. The van der Waals surface area contributed by atoms with Crippen LogP contribution in [0.2, 0.25) is 0 Å². The number of ether oxygens (including phenoxy) is 1. The highest BCUT2D eigenvalue weighted by Crippen LogP contribution is 2.37. The molecule has 1 unspecified atom stereocenters. The Hall–Kier alpha value is -2.08. The first-order chi connectivity index (χ1) is 14.6. The summed E-state index contributed by atoms with van der Waals surface area (Å²) in [6.45, 7) is 3.28. The molecule has 1 heterocycles. The second-order valence-corrected chi connectivity index (χ2v) is 9.85. The molecule has 2 aromatic carbocycles. The van der Waals surface area contributed by atoms with E-state index in [1.54, 1.807) is 11.2 Å². The van der Waals surface area contributed by atoms with Crippen LogP contribution in [0.15, 0.2) is 52.0 Å². The molecule has 31 heavy (non-hydrogen) atoms.